The molecule has 4 rings (SSSR count). The second-order valence-electron chi connectivity index (χ2n) is 8.59. The minimum atomic E-state index is -3.55. The van der Waals surface area contributed by atoms with Gasteiger partial charge >= 0.3 is 0 Å². The first-order valence-electron chi connectivity index (χ1n) is 11.1. The third-order valence-electron chi connectivity index (χ3n) is 5.82. The molecule has 0 aliphatic rings. The molecule has 186 valence electrons. The summed E-state index contributed by atoms with van der Waals surface area (Å²) in [6.07, 6.45) is 0.467. The van der Waals surface area contributed by atoms with E-state index in [-0.39, 0.29) is 23.1 Å². The number of aromatic nitrogens is 4. The Labute approximate surface area is 208 Å². The number of benzene rings is 3. The second-order valence-corrected chi connectivity index (χ2v) is 10.7. The number of sulfonamides is 1. The van der Waals surface area contributed by atoms with Crippen LogP contribution in [0.15, 0.2) is 71.6 Å². The Hall–Kier alpha value is -3.96. The van der Waals surface area contributed by atoms with E-state index in [1.807, 2.05) is 30.3 Å². The van der Waals surface area contributed by atoms with Crippen LogP contribution in [-0.4, -0.2) is 53.3 Å². The summed E-state index contributed by atoms with van der Waals surface area (Å²) in [5, 5.41) is 13.6. The molecule has 11 heteroatoms. The quantitative estimate of drug-likeness (QED) is 0.357. The largest absolute Gasteiger partial charge is 0.370 e. The molecule has 0 aliphatic carbocycles. The fourth-order valence-corrected chi connectivity index (χ4v) is 4.92. The van der Waals surface area contributed by atoms with E-state index in [0.29, 0.717) is 17.5 Å². The highest BCUT2D eigenvalue weighted by atomic mass is 32.2. The molecule has 0 aliphatic heterocycles. The van der Waals surface area contributed by atoms with Crippen LogP contribution in [0.5, 0.6) is 0 Å². The highest BCUT2D eigenvalue weighted by Gasteiger charge is 2.20. The van der Waals surface area contributed by atoms with Crippen LogP contribution < -0.4 is 5.73 Å². The van der Waals surface area contributed by atoms with Crippen molar-refractivity contribution in [1.82, 2.24) is 24.9 Å². The summed E-state index contributed by atoms with van der Waals surface area (Å²) in [6.45, 7) is 0. The van der Waals surface area contributed by atoms with Crippen molar-refractivity contribution in [3.8, 4) is 22.5 Å². The van der Waals surface area contributed by atoms with E-state index in [1.54, 1.807) is 24.3 Å². The summed E-state index contributed by atoms with van der Waals surface area (Å²) >= 11 is 0. The summed E-state index contributed by atoms with van der Waals surface area (Å²) < 4.78 is 40.6. The van der Waals surface area contributed by atoms with Gasteiger partial charge in [0.15, 0.2) is 0 Å². The standard InChI is InChI=1S/C25H25FN6O3S/c1-32(2)36(34,35)23-5-3-4-18(14-23)17-8-6-16(7-9-17)10-19(15-24(27)33)20-11-21(13-22(26)12-20)25-28-30-31-29-25/h3-9,11-14,19H,10,15H2,1-2H3,(H2,27,33)(H,28,29,30,31). The number of aromatic amines is 1. The average molecular weight is 509 g/mol. The minimum Gasteiger partial charge on any atom is -0.370 e. The number of amides is 1. The van der Waals surface area contributed by atoms with Gasteiger partial charge in [-0.2, -0.15) is 5.21 Å². The molecule has 1 aromatic heterocycles. The summed E-state index contributed by atoms with van der Waals surface area (Å²) in [5.41, 5.74) is 9.04. The van der Waals surface area contributed by atoms with Crippen molar-refractivity contribution in [2.24, 2.45) is 5.73 Å². The summed E-state index contributed by atoms with van der Waals surface area (Å²) in [6, 6.07) is 18.7. The average Bonchev–Trinajstić information content (AvgIpc) is 3.39. The normalized spacial score (nSPS) is 12.6. The van der Waals surface area contributed by atoms with Crippen LogP contribution in [0.2, 0.25) is 0 Å². The lowest BCUT2D eigenvalue weighted by Crippen LogP contribution is -2.22. The van der Waals surface area contributed by atoms with Crippen molar-refractivity contribution in [2.45, 2.75) is 23.7 Å². The molecule has 4 aromatic rings. The molecule has 1 amide bonds. The highest BCUT2D eigenvalue weighted by Crippen LogP contribution is 2.30. The third kappa shape index (κ3) is 5.64. The SMILES string of the molecule is CN(C)S(=O)(=O)c1cccc(-c2ccc(CC(CC(N)=O)c3cc(F)cc(-c4nn[nH]n4)c3)cc2)c1. The number of carbonyl (C=O) groups excluding carboxylic acids is 1. The van der Waals surface area contributed by atoms with Gasteiger partial charge in [-0.3, -0.25) is 4.79 Å². The van der Waals surface area contributed by atoms with Crippen LogP contribution in [0.4, 0.5) is 4.39 Å². The van der Waals surface area contributed by atoms with E-state index >= 15 is 0 Å². The first-order chi connectivity index (χ1) is 17.1. The van der Waals surface area contributed by atoms with Crippen LogP contribution in [0.25, 0.3) is 22.5 Å². The Bertz CT molecular complexity index is 1470. The molecular weight excluding hydrogens is 483 g/mol. The van der Waals surface area contributed by atoms with Crippen molar-refractivity contribution in [3.63, 3.8) is 0 Å². The van der Waals surface area contributed by atoms with E-state index in [2.05, 4.69) is 20.6 Å². The van der Waals surface area contributed by atoms with Crippen molar-refractivity contribution in [3.05, 3.63) is 83.7 Å². The monoisotopic (exact) mass is 508 g/mol. The maximum atomic E-state index is 14.4. The topological polar surface area (TPSA) is 135 Å². The van der Waals surface area contributed by atoms with Crippen LogP contribution in [0.1, 0.15) is 23.5 Å². The first-order valence-corrected chi connectivity index (χ1v) is 12.5. The third-order valence-corrected chi connectivity index (χ3v) is 7.64. The molecule has 0 saturated carbocycles. The molecule has 3 N–H and O–H groups in total. The Morgan fingerprint density at radius 1 is 1.03 bits per heavy atom. The van der Waals surface area contributed by atoms with Gasteiger partial charge < -0.3 is 5.73 Å². The number of nitrogens with zero attached hydrogens (tertiary/aromatic N) is 4. The number of H-pyrrole nitrogens is 1. The van der Waals surface area contributed by atoms with Gasteiger partial charge in [0, 0.05) is 26.1 Å². The Kier molecular flexibility index (Phi) is 7.22. The fourth-order valence-electron chi connectivity index (χ4n) is 3.98. The molecule has 0 saturated heterocycles. The van der Waals surface area contributed by atoms with Gasteiger partial charge in [-0.1, -0.05) is 36.4 Å². The van der Waals surface area contributed by atoms with Gasteiger partial charge in [0.05, 0.1) is 4.90 Å². The zero-order chi connectivity index (χ0) is 25.9. The van der Waals surface area contributed by atoms with Gasteiger partial charge in [-0.05, 0) is 70.1 Å². The number of hydrogen-bond donors (Lipinski definition) is 2. The number of primary amides is 1. The van der Waals surface area contributed by atoms with Gasteiger partial charge in [0.25, 0.3) is 0 Å². The molecule has 0 fully saturated rings. The number of nitrogens with two attached hydrogens (primary N) is 1. The van der Waals surface area contributed by atoms with Gasteiger partial charge in [0.1, 0.15) is 5.82 Å². The number of tetrazole rings is 1. The number of rotatable bonds is 9. The molecule has 1 unspecified atom stereocenters. The Balaban J connectivity index is 1.61. The summed E-state index contributed by atoms with van der Waals surface area (Å²) in [7, 11) is -0.575. The van der Waals surface area contributed by atoms with Crippen LogP contribution >= 0.6 is 0 Å². The van der Waals surface area contributed by atoms with Crippen molar-refractivity contribution in [2.75, 3.05) is 14.1 Å². The molecule has 3 aromatic carbocycles. The Morgan fingerprint density at radius 2 is 1.78 bits per heavy atom. The fraction of sp³-hybridized carbons (Fsp3) is 0.200. The van der Waals surface area contributed by atoms with Gasteiger partial charge in [-0.15, -0.1) is 10.2 Å². The maximum Gasteiger partial charge on any atom is 0.242 e. The van der Waals surface area contributed by atoms with Crippen molar-refractivity contribution >= 4 is 15.9 Å². The van der Waals surface area contributed by atoms with Gasteiger partial charge in [-0.25, -0.2) is 17.1 Å². The van der Waals surface area contributed by atoms with Crippen LogP contribution in [0.3, 0.4) is 0 Å². The predicted molar refractivity (Wildman–Crippen MR) is 133 cm³/mol. The zero-order valence-electron chi connectivity index (χ0n) is 19.7. The second kappa shape index (κ2) is 10.3. The smallest absolute Gasteiger partial charge is 0.242 e. The van der Waals surface area contributed by atoms with Gasteiger partial charge in [0.2, 0.25) is 21.8 Å². The van der Waals surface area contributed by atoms with Crippen LogP contribution in [0, 0.1) is 5.82 Å². The minimum absolute atomic E-state index is 0.0291. The van der Waals surface area contributed by atoms with Crippen molar-refractivity contribution < 1.29 is 17.6 Å². The molecule has 36 heavy (non-hydrogen) atoms. The van der Waals surface area contributed by atoms with E-state index in [4.69, 9.17) is 5.73 Å². The number of nitrogens with one attached hydrogen (secondary N) is 1. The molecule has 1 atom stereocenters. The molecule has 0 radical (unpaired) electrons. The zero-order valence-corrected chi connectivity index (χ0v) is 20.5. The summed E-state index contributed by atoms with van der Waals surface area (Å²) in [5.74, 6) is -1.11. The molecule has 0 spiro atoms. The van der Waals surface area contributed by atoms with Crippen molar-refractivity contribution in [1.29, 1.82) is 0 Å². The first kappa shape index (κ1) is 25.1. The molecule has 9 nitrogen and oxygen atoms in total. The molecule has 1 heterocycles. The van der Waals surface area contributed by atoms with E-state index in [0.717, 1.165) is 16.7 Å². The van der Waals surface area contributed by atoms with Crippen LogP contribution in [-0.2, 0) is 21.2 Å². The summed E-state index contributed by atoms with van der Waals surface area (Å²) in [4.78, 5) is 12.0. The van der Waals surface area contributed by atoms with E-state index < -0.39 is 21.7 Å². The maximum absolute atomic E-state index is 14.4. The highest BCUT2D eigenvalue weighted by molar-refractivity contribution is 7.89. The molecular formula is C25H25FN6O3S. The van der Waals surface area contributed by atoms with E-state index in [9.17, 15) is 17.6 Å². The predicted octanol–water partition coefficient (Wildman–Crippen LogP) is 3.12. The number of hydrogen-bond acceptors (Lipinski definition) is 6. The van der Waals surface area contributed by atoms with E-state index in [1.165, 1.54) is 30.5 Å². The molecule has 0 bridgehead atoms. The number of carbonyl (C=O) groups is 1. The Morgan fingerprint density at radius 3 is 2.42 bits per heavy atom. The lowest BCUT2D eigenvalue weighted by atomic mass is 9.87. The lowest BCUT2D eigenvalue weighted by molar-refractivity contribution is -0.118. The number of halogens is 1. The lowest BCUT2D eigenvalue weighted by Gasteiger charge is -2.17.